The molecule has 0 bridgehead atoms. The van der Waals surface area contributed by atoms with Crippen LogP contribution in [0.2, 0.25) is 0 Å². The van der Waals surface area contributed by atoms with Gasteiger partial charge in [0.25, 0.3) is 5.91 Å². The van der Waals surface area contributed by atoms with E-state index in [1.165, 1.54) is 0 Å². The fourth-order valence-corrected chi connectivity index (χ4v) is 3.86. The number of methoxy groups -OCH3 is 1. The Labute approximate surface area is 163 Å². The van der Waals surface area contributed by atoms with Crippen LogP contribution in [0.1, 0.15) is 33.9 Å². The van der Waals surface area contributed by atoms with E-state index in [4.69, 9.17) is 4.74 Å². The fraction of sp³-hybridized carbons (Fsp3) is 0.333. The molecule has 0 radical (unpaired) electrons. The van der Waals surface area contributed by atoms with Gasteiger partial charge in [0.2, 0.25) is 0 Å². The van der Waals surface area contributed by atoms with Crippen LogP contribution in [0.4, 0.5) is 0 Å². The molecule has 1 aliphatic carbocycles. The molecule has 140 valence electrons. The van der Waals surface area contributed by atoms with Gasteiger partial charge >= 0.3 is 0 Å². The topological polar surface area (TPSA) is 47.4 Å². The number of carbonyl (C=O) groups is 1. The zero-order chi connectivity index (χ0) is 19.0. The summed E-state index contributed by atoms with van der Waals surface area (Å²) in [6, 6.07) is 10.2. The van der Waals surface area contributed by atoms with Gasteiger partial charge in [0.15, 0.2) is 0 Å². The minimum absolute atomic E-state index is 0.0778. The van der Waals surface area contributed by atoms with Crippen molar-refractivity contribution in [3.05, 3.63) is 58.2 Å². The number of hydrogen-bond donors (Lipinski definition) is 0. The van der Waals surface area contributed by atoms with Crippen LogP contribution in [0.25, 0.3) is 11.3 Å². The van der Waals surface area contributed by atoms with Gasteiger partial charge < -0.3 is 14.2 Å². The second-order valence-electron chi connectivity index (χ2n) is 6.99. The molecule has 0 saturated heterocycles. The standard InChI is InChI=1S/C21H23N3O2S/c1-14-22-19(13-27-14)16-10-20(23(2)12-16)21(25)24(17-6-7-17)11-15-4-8-18(26-3)9-5-15/h4-5,8-10,12-13,17H,6-7,11H2,1-3H3. The molecule has 1 amide bonds. The van der Waals surface area contributed by atoms with E-state index in [1.54, 1.807) is 18.4 Å². The normalized spacial score (nSPS) is 13.6. The molecule has 2 aromatic heterocycles. The number of aryl methyl sites for hydroxylation is 2. The highest BCUT2D eigenvalue weighted by Gasteiger charge is 2.34. The number of thiazole rings is 1. The highest BCUT2D eigenvalue weighted by Crippen LogP contribution is 2.31. The molecule has 1 fully saturated rings. The van der Waals surface area contributed by atoms with Gasteiger partial charge in [0.05, 0.1) is 17.8 Å². The van der Waals surface area contributed by atoms with Gasteiger partial charge in [-0.2, -0.15) is 0 Å². The number of ether oxygens (including phenoxy) is 1. The second-order valence-corrected chi connectivity index (χ2v) is 8.05. The van der Waals surface area contributed by atoms with Gasteiger partial charge in [0, 0.05) is 36.8 Å². The van der Waals surface area contributed by atoms with Crippen molar-refractivity contribution in [1.29, 1.82) is 0 Å². The minimum atomic E-state index is 0.0778. The molecule has 5 nitrogen and oxygen atoms in total. The molecule has 27 heavy (non-hydrogen) atoms. The first-order valence-corrected chi connectivity index (χ1v) is 9.96. The van der Waals surface area contributed by atoms with Crippen LogP contribution >= 0.6 is 11.3 Å². The third-order valence-electron chi connectivity index (χ3n) is 4.90. The molecule has 1 aromatic carbocycles. The summed E-state index contributed by atoms with van der Waals surface area (Å²) in [5.74, 6) is 0.905. The van der Waals surface area contributed by atoms with E-state index in [1.807, 2.05) is 65.3 Å². The number of benzene rings is 1. The van der Waals surface area contributed by atoms with Crippen molar-refractivity contribution in [3.63, 3.8) is 0 Å². The number of nitrogens with zero attached hydrogens (tertiary/aromatic N) is 3. The number of amides is 1. The van der Waals surface area contributed by atoms with Crippen molar-refractivity contribution in [2.45, 2.75) is 32.4 Å². The molecule has 0 atom stereocenters. The molecule has 3 aromatic rings. The van der Waals surface area contributed by atoms with Crippen molar-refractivity contribution in [3.8, 4) is 17.0 Å². The summed E-state index contributed by atoms with van der Waals surface area (Å²) in [4.78, 5) is 19.8. The summed E-state index contributed by atoms with van der Waals surface area (Å²) in [7, 11) is 3.58. The molecule has 6 heteroatoms. The maximum absolute atomic E-state index is 13.3. The maximum Gasteiger partial charge on any atom is 0.271 e. The van der Waals surface area contributed by atoms with E-state index in [2.05, 4.69) is 4.98 Å². The largest absolute Gasteiger partial charge is 0.497 e. The van der Waals surface area contributed by atoms with Gasteiger partial charge in [-0.15, -0.1) is 11.3 Å². The third-order valence-corrected chi connectivity index (χ3v) is 5.67. The van der Waals surface area contributed by atoms with E-state index in [0.29, 0.717) is 18.3 Å². The Bertz CT molecular complexity index is 954. The highest BCUT2D eigenvalue weighted by molar-refractivity contribution is 7.09. The average Bonchev–Trinajstić information content (AvgIpc) is 3.31. The summed E-state index contributed by atoms with van der Waals surface area (Å²) in [6.45, 7) is 2.61. The first-order valence-electron chi connectivity index (χ1n) is 9.08. The third kappa shape index (κ3) is 3.76. The zero-order valence-electron chi connectivity index (χ0n) is 15.8. The average molecular weight is 382 g/mol. The van der Waals surface area contributed by atoms with Gasteiger partial charge in [-0.1, -0.05) is 12.1 Å². The zero-order valence-corrected chi connectivity index (χ0v) is 16.6. The molecule has 1 saturated carbocycles. The second kappa shape index (κ2) is 7.19. The van der Waals surface area contributed by atoms with Crippen LogP contribution in [0.3, 0.4) is 0 Å². The van der Waals surface area contributed by atoms with E-state index in [-0.39, 0.29) is 5.91 Å². The quantitative estimate of drug-likeness (QED) is 0.641. The molecular formula is C21H23N3O2S. The number of aromatic nitrogens is 2. The Morgan fingerprint density at radius 3 is 2.67 bits per heavy atom. The van der Waals surface area contributed by atoms with Crippen molar-refractivity contribution in [2.75, 3.05) is 7.11 Å². The van der Waals surface area contributed by atoms with E-state index < -0.39 is 0 Å². The summed E-state index contributed by atoms with van der Waals surface area (Å²) in [6.07, 6.45) is 4.13. The van der Waals surface area contributed by atoms with E-state index in [0.717, 1.165) is 40.4 Å². The molecule has 0 N–H and O–H groups in total. The predicted octanol–water partition coefficient (Wildman–Crippen LogP) is 4.27. The first-order chi connectivity index (χ1) is 13.0. The summed E-state index contributed by atoms with van der Waals surface area (Å²) < 4.78 is 7.14. The molecule has 2 heterocycles. The van der Waals surface area contributed by atoms with Crippen molar-refractivity contribution in [2.24, 2.45) is 7.05 Å². The van der Waals surface area contributed by atoms with Crippen LogP contribution in [-0.2, 0) is 13.6 Å². The Balaban J connectivity index is 1.58. The van der Waals surface area contributed by atoms with Crippen molar-refractivity contribution < 1.29 is 9.53 Å². The summed E-state index contributed by atoms with van der Waals surface area (Å²) in [5.41, 5.74) is 3.74. The number of hydrogen-bond acceptors (Lipinski definition) is 4. The Morgan fingerprint density at radius 1 is 1.33 bits per heavy atom. The SMILES string of the molecule is COc1ccc(CN(C(=O)c2cc(-c3csc(C)n3)cn2C)C2CC2)cc1. The van der Waals surface area contributed by atoms with Crippen LogP contribution in [0.15, 0.2) is 41.9 Å². The summed E-state index contributed by atoms with van der Waals surface area (Å²) >= 11 is 1.62. The molecule has 0 spiro atoms. The van der Waals surface area contributed by atoms with Gasteiger partial charge in [-0.05, 0) is 43.5 Å². The lowest BCUT2D eigenvalue weighted by atomic mass is 10.2. The molecule has 0 unspecified atom stereocenters. The number of rotatable bonds is 6. The first kappa shape index (κ1) is 17.8. The highest BCUT2D eigenvalue weighted by atomic mass is 32.1. The number of carbonyl (C=O) groups excluding carboxylic acids is 1. The van der Waals surface area contributed by atoms with E-state index >= 15 is 0 Å². The lowest BCUT2D eigenvalue weighted by Crippen LogP contribution is -2.33. The van der Waals surface area contributed by atoms with Crippen LogP contribution < -0.4 is 4.74 Å². The van der Waals surface area contributed by atoms with Crippen molar-refractivity contribution >= 4 is 17.2 Å². The maximum atomic E-state index is 13.3. The predicted molar refractivity (Wildman–Crippen MR) is 107 cm³/mol. The Hall–Kier alpha value is -2.60. The van der Waals surface area contributed by atoms with Crippen molar-refractivity contribution in [1.82, 2.24) is 14.5 Å². The van der Waals surface area contributed by atoms with Crippen LogP contribution in [0.5, 0.6) is 5.75 Å². The van der Waals surface area contributed by atoms with Crippen LogP contribution in [0, 0.1) is 6.92 Å². The molecule has 0 aliphatic heterocycles. The minimum Gasteiger partial charge on any atom is -0.497 e. The van der Waals surface area contributed by atoms with Gasteiger partial charge in [0.1, 0.15) is 11.4 Å². The lowest BCUT2D eigenvalue weighted by molar-refractivity contribution is 0.0720. The molecule has 4 rings (SSSR count). The van der Waals surface area contributed by atoms with Gasteiger partial charge in [-0.25, -0.2) is 4.98 Å². The lowest BCUT2D eigenvalue weighted by Gasteiger charge is -2.23. The molecular weight excluding hydrogens is 358 g/mol. The Kier molecular flexibility index (Phi) is 4.74. The summed E-state index contributed by atoms with van der Waals surface area (Å²) in [5, 5.41) is 3.07. The van der Waals surface area contributed by atoms with Crippen LogP contribution in [-0.4, -0.2) is 33.5 Å². The van der Waals surface area contributed by atoms with Gasteiger partial charge in [-0.3, -0.25) is 4.79 Å². The Morgan fingerprint density at radius 2 is 2.07 bits per heavy atom. The monoisotopic (exact) mass is 381 g/mol. The molecule has 1 aliphatic rings. The smallest absolute Gasteiger partial charge is 0.271 e. The fourth-order valence-electron chi connectivity index (χ4n) is 3.24. The van der Waals surface area contributed by atoms with E-state index in [9.17, 15) is 4.79 Å².